The fourth-order valence-electron chi connectivity index (χ4n) is 4.97. The van der Waals surface area contributed by atoms with Gasteiger partial charge in [-0.25, -0.2) is 4.79 Å². The van der Waals surface area contributed by atoms with Crippen molar-refractivity contribution < 1.29 is 0 Å². The number of aromatic amines is 2. The molecule has 0 bridgehead atoms. The van der Waals surface area contributed by atoms with E-state index in [1.54, 1.807) is 0 Å². The molecule has 5 nitrogen and oxygen atoms in total. The number of hydrogen-bond donors (Lipinski definition) is 2. The van der Waals surface area contributed by atoms with Gasteiger partial charge in [0.05, 0.1) is 11.0 Å². The van der Waals surface area contributed by atoms with Gasteiger partial charge in [-0.2, -0.15) is 0 Å². The molecule has 2 aliphatic heterocycles. The van der Waals surface area contributed by atoms with E-state index >= 15 is 0 Å². The molecule has 148 valence electrons. The molecule has 0 radical (unpaired) electrons. The summed E-state index contributed by atoms with van der Waals surface area (Å²) in [5.41, 5.74) is 3.09. The van der Waals surface area contributed by atoms with Crippen LogP contribution in [-0.4, -0.2) is 52.0 Å². The number of piperidine rings is 2. The van der Waals surface area contributed by atoms with E-state index in [1.165, 1.54) is 62.3 Å². The van der Waals surface area contributed by atoms with Gasteiger partial charge in [0, 0.05) is 30.6 Å². The molecule has 28 heavy (non-hydrogen) atoms. The van der Waals surface area contributed by atoms with Crippen LogP contribution in [0.2, 0.25) is 0 Å². The maximum atomic E-state index is 11.5. The van der Waals surface area contributed by atoms with E-state index in [0.29, 0.717) is 5.92 Å². The molecule has 4 heterocycles. The largest absolute Gasteiger partial charge is 0.323 e. The summed E-state index contributed by atoms with van der Waals surface area (Å²) < 4.78 is 0. The van der Waals surface area contributed by atoms with E-state index in [4.69, 9.17) is 0 Å². The molecule has 0 spiro atoms. The Morgan fingerprint density at radius 1 is 0.964 bits per heavy atom. The quantitative estimate of drug-likeness (QED) is 0.706. The lowest BCUT2D eigenvalue weighted by atomic mass is 9.88. The van der Waals surface area contributed by atoms with E-state index in [1.807, 2.05) is 17.4 Å². The predicted molar refractivity (Wildman–Crippen MR) is 115 cm³/mol. The second-order valence-electron chi connectivity index (χ2n) is 8.28. The van der Waals surface area contributed by atoms with Crippen LogP contribution in [0.5, 0.6) is 0 Å². The Morgan fingerprint density at radius 3 is 2.50 bits per heavy atom. The first-order chi connectivity index (χ1) is 13.7. The summed E-state index contributed by atoms with van der Waals surface area (Å²) in [6.45, 7) is 5.96. The second kappa shape index (κ2) is 7.85. The normalized spacial score (nSPS) is 20.9. The molecular weight excluding hydrogens is 368 g/mol. The molecule has 2 saturated heterocycles. The Labute approximate surface area is 169 Å². The van der Waals surface area contributed by atoms with Gasteiger partial charge in [0.2, 0.25) is 0 Å². The number of fused-ring (bicyclic) bond motifs is 1. The number of hydrogen-bond acceptors (Lipinski definition) is 4. The molecule has 2 aromatic heterocycles. The maximum absolute atomic E-state index is 11.5. The molecular formula is C22H28N4OS. The number of nitrogens with one attached hydrogen (secondary N) is 2. The van der Waals surface area contributed by atoms with Gasteiger partial charge >= 0.3 is 5.69 Å². The van der Waals surface area contributed by atoms with Gasteiger partial charge in [-0.15, -0.1) is 11.3 Å². The molecule has 2 N–H and O–H groups in total. The van der Waals surface area contributed by atoms with Crippen LogP contribution in [0.4, 0.5) is 0 Å². The van der Waals surface area contributed by atoms with E-state index in [9.17, 15) is 4.79 Å². The highest BCUT2D eigenvalue weighted by Gasteiger charge is 2.28. The molecule has 2 fully saturated rings. The van der Waals surface area contributed by atoms with E-state index in [-0.39, 0.29) is 5.69 Å². The first-order valence-electron chi connectivity index (χ1n) is 10.5. The van der Waals surface area contributed by atoms with Crippen molar-refractivity contribution in [3.63, 3.8) is 0 Å². The highest BCUT2D eigenvalue weighted by molar-refractivity contribution is 7.09. The number of rotatable bonds is 4. The number of likely N-dealkylation sites (tertiary alicyclic amines) is 2. The van der Waals surface area contributed by atoms with Crippen molar-refractivity contribution in [1.29, 1.82) is 0 Å². The Kier molecular flexibility index (Phi) is 5.09. The monoisotopic (exact) mass is 396 g/mol. The van der Waals surface area contributed by atoms with Crippen molar-refractivity contribution in [1.82, 2.24) is 19.8 Å². The van der Waals surface area contributed by atoms with Crippen LogP contribution in [0.15, 0.2) is 40.5 Å². The van der Waals surface area contributed by atoms with E-state index < -0.39 is 0 Å². The summed E-state index contributed by atoms with van der Waals surface area (Å²) in [6, 6.07) is 11.6. The smallest absolute Gasteiger partial charge is 0.306 e. The summed E-state index contributed by atoms with van der Waals surface area (Å²) >= 11 is 1.87. The Balaban J connectivity index is 1.14. The molecule has 0 atom stereocenters. The van der Waals surface area contributed by atoms with Crippen molar-refractivity contribution in [2.24, 2.45) is 0 Å². The van der Waals surface area contributed by atoms with Crippen molar-refractivity contribution in [3.05, 3.63) is 56.6 Å². The molecule has 3 aromatic rings. The molecule has 5 rings (SSSR count). The predicted octanol–water partition coefficient (Wildman–Crippen LogP) is 3.76. The number of benzene rings is 1. The molecule has 0 amide bonds. The zero-order chi connectivity index (χ0) is 18.9. The summed E-state index contributed by atoms with van der Waals surface area (Å²) in [4.78, 5) is 24.0. The lowest BCUT2D eigenvalue weighted by molar-refractivity contribution is 0.0850. The van der Waals surface area contributed by atoms with E-state index in [2.05, 4.69) is 49.4 Å². The third kappa shape index (κ3) is 3.81. The number of thiophene rings is 1. The molecule has 6 heteroatoms. The molecule has 2 aliphatic rings. The summed E-state index contributed by atoms with van der Waals surface area (Å²) in [5.74, 6) is 0.609. The van der Waals surface area contributed by atoms with Crippen molar-refractivity contribution in [3.8, 4) is 0 Å². The SMILES string of the molecule is O=c1[nH]c2ccc(C3CCN(C4CCN(Cc5cccs5)CC4)CC3)cc2[nH]1. The first kappa shape index (κ1) is 18.2. The van der Waals surface area contributed by atoms with Gasteiger partial charge < -0.3 is 14.9 Å². The average Bonchev–Trinajstić information content (AvgIpc) is 3.36. The Morgan fingerprint density at radius 2 is 1.75 bits per heavy atom. The fourth-order valence-corrected chi connectivity index (χ4v) is 5.71. The minimum Gasteiger partial charge on any atom is -0.306 e. The number of aromatic nitrogens is 2. The summed E-state index contributed by atoms with van der Waals surface area (Å²) in [6.07, 6.45) is 5.03. The molecule has 0 saturated carbocycles. The maximum Gasteiger partial charge on any atom is 0.323 e. The summed E-state index contributed by atoms with van der Waals surface area (Å²) in [7, 11) is 0. The lowest BCUT2D eigenvalue weighted by Crippen LogP contribution is -2.47. The molecule has 1 aromatic carbocycles. The highest BCUT2D eigenvalue weighted by Crippen LogP contribution is 2.31. The second-order valence-corrected chi connectivity index (χ2v) is 9.31. The van der Waals surface area contributed by atoms with Gasteiger partial charge in [0.1, 0.15) is 0 Å². The zero-order valence-electron chi connectivity index (χ0n) is 16.2. The molecule has 0 unspecified atom stereocenters. The number of nitrogens with zero attached hydrogens (tertiary/aromatic N) is 2. The first-order valence-corrected chi connectivity index (χ1v) is 11.3. The third-order valence-electron chi connectivity index (χ3n) is 6.57. The van der Waals surface area contributed by atoms with Gasteiger partial charge in [0.15, 0.2) is 0 Å². The highest BCUT2D eigenvalue weighted by atomic mass is 32.1. The van der Waals surface area contributed by atoms with Crippen LogP contribution < -0.4 is 5.69 Å². The Hall–Kier alpha value is -1.89. The van der Waals surface area contributed by atoms with E-state index in [0.717, 1.165) is 23.6 Å². The van der Waals surface area contributed by atoms with Crippen LogP contribution in [0.25, 0.3) is 11.0 Å². The minimum absolute atomic E-state index is 0.118. The van der Waals surface area contributed by atoms with Crippen LogP contribution in [0.3, 0.4) is 0 Å². The number of H-pyrrole nitrogens is 2. The summed E-state index contributed by atoms with van der Waals surface area (Å²) in [5, 5.41) is 2.18. The van der Waals surface area contributed by atoms with Crippen molar-refractivity contribution >= 4 is 22.4 Å². The van der Waals surface area contributed by atoms with Gasteiger partial charge in [-0.1, -0.05) is 12.1 Å². The number of imidazole rings is 1. The van der Waals surface area contributed by atoms with Crippen LogP contribution >= 0.6 is 11.3 Å². The van der Waals surface area contributed by atoms with Crippen molar-refractivity contribution in [2.75, 3.05) is 26.2 Å². The average molecular weight is 397 g/mol. The lowest BCUT2D eigenvalue weighted by Gasteiger charge is -2.42. The zero-order valence-corrected chi connectivity index (χ0v) is 17.0. The van der Waals surface area contributed by atoms with Crippen LogP contribution in [0, 0.1) is 0 Å². The van der Waals surface area contributed by atoms with Gasteiger partial charge in [-0.3, -0.25) is 4.90 Å². The Bertz CT molecular complexity index is 960. The standard InChI is InChI=1S/C22H28N4OS/c27-22-23-20-4-3-17(14-21(20)24-22)16-5-11-26(12-6-16)18-7-9-25(10-8-18)15-19-2-1-13-28-19/h1-4,13-14,16,18H,5-12,15H2,(H2,23,24,27). The molecule has 0 aliphatic carbocycles. The fraction of sp³-hybridized carbons (Fsp3) is 0.500. The topological polar surface area (TPSA) is 55.1 Å². The minimum atomic E-state index is -0.118. The van der Waals surface area contributed by atoms with Crippen LogP contribution in [0.1, 0.15) is 42.0 Å². The van der Waals surface area contributed by atoms with Crippen LogP contribution in [-0.2, 0) is 6.54 Å². The van der Waals surface area contributed by atoms with Gasteiger partial charge in [0.25, 0.3) is 0 Å². The van der Waals surface area contributed by atoms with Gasteiger partial charge in [-0.05, 0) is 73.8 Å². The van der Waals surface area contributed by atoms with Crippen molar-refractivity contribution in [2.45, 2.75) is 44.2 Å². The third-order valence-corrected chi connectivity index (χ3v) is 7.44.